The first-order chi connectivity index (χ1) is 16.7. The smallest absolute Gasteiger partial charge is 0.252 e. The van der Waals surface area contributed by atoms with Crippen LogP contribution in [0.4, 0.5) is 0 Å². The maximum absolute atomic E-state index is 13.3. The SMILES string of the molecule is C=C(C)/C=C\C(CCC1=CCCC=C1)=C1/CC(=C)C2=C(C)C3C(=O)C(C(N)=O)=C(C)CC3CC2C1. The highest BCUT2D eigenvalue weighted by Gasteiger charge is 2.45. The van der Waals surface area contributed by atoms with Crippen molar-refractivity contribution in [2.75, 3.05) is 0 Å². The Labute approximate surface area is 210 Å². The number of amides is 1. The summed E-state index contributed by atoms with van der Waals surface area (Å²) in [5.74, 6) is -0.288. The van der Waals surface area contributed by atoms with E-state index in [4.69, 9.17) is 5.73 Å². The van der Waals surface area contributed by atoms with Crippen LogP contribution < -0.4 is 5.73 Å². The van der Waals surface area contributed by atoms with Gasteiger partial charge in [-0.3, -0.25) is 9.59 Å². The van der Waals surface area contributed by atoms with E-state index in [1.807, 2.05) is 13.8 Å². The van der Waals surface area contributed by atoms with E-state index in [0.717, 1.165) is 73.7 Å². The number of carbonyl (C=O) groups excluding carboxylic acids is 2. The number of fused-ring (bicyclic) bond motifs is 2. The zero-order valence-electron chi connectivity index (χ0n) is 21.6. The van der Waals surface area contributed by atoms with Gasteiger partial charge in [0.1, 0.15) is 0 Å². The maximum Gasteiger partial charge on any atom is 0.252 e. The van der Waals surface area contributed by atoms with Gasteiger partial charge in [-0.15, -0.1) is 0 Å². The van der Waals surface area contributed by atoms with Gasteiger partial charge in [-0.2, -0.15) is 0 Å². The monoisotopic (exact) mass is 469 g/mol. The summed E-state index contributed by atoms with van der Waals surface area (Å²) in [5, 5.41) is 0. The molecule has 35 heavy (non-hydrogen) atoms. The Morgan fingerprint density at radius 2 is 1.97 bits per heavy atom. The molecule has 0 heterocycles. The third-order valence-corrected chi connectivity index (χ3v) is 8.21. The van der Waals surface area contributed by atoms with Crippen molar-refractivity contribution in [2.45, 2.75) is 72.1 Å². The highest BCUT2D eigenvalue weighted by atomic mass is 16.2. The van der Waals surface area contributed by atoms with Crippen molar-refractivity contribution in [3.63, 3.8) is 0 Å². The topological polar surface area (TPSA) is 60.2 Å². The van der Waals surface area contributed by atoms with Crippen LogP contribution in [0.3, 0.4) is 0 Å². The molecule has 0 bridgehead atoms. The molecular formula is C32H39NO2. The second-order valence-electron chi connectivity index (χ2n) is 10.9. The maximum atomic E-state index is 13.3. The minimum Gasteiger partial charge on any atom is -0.365 e. The van der Waals surface area contributed by atoms with E-state index < -0.39 is 5.91 Å². The molecule has 0 aromatic carbocycles. The van der Waals surface area contributed by atoms with Crippen LogP contribution in [-0.2, 0) is 9.59 Å². The van der Waals surface area contributed by atoms with Gasteiger partial charge < -0.3 is 5.73 Å². The van der Waals surface area contributed by atoms with Crippen molar-refractivity contribution in [1.82, 2.24) is 0 Å². The van der Waals surface area contributed by atoms with Crippen LogP contribution >= 0.6 is 0 Å². The van der Waals surface area contributed by atoms with Gasteiger partial charge in [0, 0.05) is 5.92 Å². The van der Waals surface area contributed by atoms with Crippen LogP contribution in [0.15, 0.2) is 93.7 Å². The summed E-state index contributed by atoms with van der Waals surface area (Å²) in [4.78, 5) is 25.3. The van der Waals surface area contributed by atoms with Gasteiger partial charge in [0.2, 0.25) is 0 Å². The average molecular weight is 470 g/mol. The molecule has 4 aliphatic carbocycles. The first-order valence-corrected chi connectivity index (χ1v) is 13.0. The number of ketones is 1. The number of nitrogens with two attached hydrogens (primary N) is 1. The molecule has 3 atom stereocenters. The summed E-state index contributed by atoms with van der Waals surface area (Å²) < 4.78 is 0. The molecule has 1 amide bonds. The number of allylic oxidation sites excluding steroid dienone is 13. The average Bonchev–Trinajstić information content (AvgIpc) is 2.78. The molecular weight excluding hydrogens is 430 g/mol. The lowest BCUT2D eigenvalue weighted by Gasteiger charge is -2.44. The summed E-state index contributed by atoms with van der Waals surface area (Å²) in [7, 11) is 0. The highest BCUT2D eigenvalue weighted by molar-refractivity contribution is 6.21. The minimum atomic E-state index is -0.588. The van der Waals surface area contributed by atoms with Crippen molar-refractivity contribution >= 4 is 11.7 Å². The molecule has 0 aromatic rings. The number of hydrogen-bond donors (Lipinski definition) is 1. The molecule has 1 fully saturated rings. The number of primary amides is 1. The van der Waals surface area contributed by atoms with Gasteiger partial charge in [-0.1, -0.05) is 71.4 Å². The summed E-state index contributed by atoms with van der Waals surface area (Å²) in [6.45, 7) is 14.6. The fourth-order valence-corrected chi connectivity index (χ4v) is 6.74. The standard InChI is InChI=1S/C32H39NO2/c1-19(2)11-13-24(14-12-23-9-7-6-8-10-23)25-15-20(3)28-22(5)30-26(18-27(28)17-25)16-21(4)29(31(30)34)32(33)35/h7,9-11,13,26-27,30H,1,3,6,8,12,14-18H2,2,4-5H3,(H2,33,35)/b13-11-,25-24-. The fourth-order valence-electron chi connectivity index (χ4n) is 6.74. The van der Waals surface area contributed by atoms with Gasteiger partial charge in [0.25, 0.3) is 5.91 Å². The van der Waals surface area contributed by atoms with Crippen LogP contribution in [0.25, 0.3) is 0 Å². The fraction of sp³-hybridized carbons (Fsp3) is 0.438. The zero-order chi connectivity index (χ0) is 25.3. The van der Waals surface area contributed by atoms with E-state index in [-0.39, 0.29) is 23.2 Å². The molecule has 184 valence electrons. The summed E-state index contributed by atoms with van der Waals surface area (Å²) in [6, 6.07) is 0. The zero-order valence-corrected chi connectivity index (χ0v) is 21.6. The van der Waals surface area contributed by atoms with E-state index in [9.17, 15) is 9.59 Å². The number of rotatable bonds is 6. The van der Waals surface area contributed by atoms with Crippen LogP contribution in [0.5, 0.6) is 0 Å². The van der Waals surface area contributed by atoms with E-state index in [1.54, 1.807) is 0 Å². The lowest BCUT2D eigenvalue weighted by molar-refractivity contribution is -0.124. The third kappa shape index (κ3) is 5.19. The Kier molecular flexibility index (Phi) is 7.44. The molecule has 4 aliphatic rings. The third-order valence-electron chi connectivity index (χ3n) is 8.21. The molecule has 0 spiro atoms. The first-order valence-electron chi connectivity index (χ1n) is 13.0. The molecule has 1 saturated carbocycles. The molecule has 3 unspecified atom stereocenters. The van der Waals surface area contributed by atoms with E-state index in [0.29, 0.717) is 5.92 Å². The second kappa shape index (κ2) is 10.4. The lowest BCUT2D eigenvalue weighted by Crippen LogP contribution is -2.41. The Morgan fingerprint density at radius 1 is 1.20 bits per heavy atom. The predicted octanol–water partition coefficient (Wildman–Crippen LogP) is 7.17. The quantitative estimate of drug-likeness (QED) is 0.331. The molecule has 0 aromatic heterocycles. The molecule has 0 aliphatic heterocycles. The van der Waals surface area contributed by atoms with Gasteiger partial charge in [-0.25, -0.2) is 0 Å². The van der Waals surface area contributed by atoms with Gasteiger partial charge in [-0.05, 0) is 101 Å². The predicted molar refractivity (Wildman–Crippen MR) is 144 cm³/mol. The van der Waals surface area contributed by atoms with Gasteiger partial charge >= 0.3 is 0 Å². The van der Waals surface area contributed by atoms with Gasteiger partial charge in [0.15, 0.2) is 5.78 Å². The second-order valence-corrected chi connectivity index (χ2v) is 10.9. The summed E-state index contributed by atoms with van der Waals surface area (Å²) >= 11 is 0. The van der Waals surface area contributed by atoms with Gasteiger partial charge in [0.05, 0.1) is 5.57 Å². The summed E-state index contributed by atoms with van der Waals surface area (Å²) in [5.41, 5.74) is 15.5. The normalized spacial score (nSPS) is 28.2. The van der Waals surface area contributed by atoms with E-state index >= 15 is 0 Å². The van der Waals surface area contributed by atoms with Crippen LogP contribution in [-0.4, -0.2) is 11.7 Å². The number of hydrogen-bond acceptors (Lipinski definition) is 2. The van der Waals surface area contributed by atoms with Crippen molar-refractivity contribution < 1.29 is 9.59 Å². The molecule has 0 radical (unpaired) electrons. The molecule has 3 nitrogen and oxygen atoms in total. The molecule has 0 saturated heterocycles. The van der Waals surface area contributed by atoms with Crippen LogP contribution in [0.1, 0.15) is 72.1 Å². The number of Topliss-reactive ketones (excluding diaryl/α,β-unsaturated/α-hetero) is 1. The minimum absolute atomic E-state index is 0.0808. The molecule has 4 rings (SSSR count). The Hall–Kier alpha value is -2.94. The van der Waals surface area contributed by atoms with Crippen molar-refractivity contribution in [1.29, 1.82) is 0 Å². The number of carbonyl (C=O) groups is 2. The van der Waals surface area contributed by atoms with Crippen molar-refractivity contribution in [2.24, 2.45) is 23.5 Å². The van der Waals surface area contributed by atoms with Crippen molar-refractivity contribution in [3.05, 3.63) is 93.7 Å². The Morgan fingerprint density at radius 3 is 2.63 bits per heavy atom. The van der Waals surface area contributed by atoms with E-state index in [1.165, 1.54) is 22.3 Å². The molecule has 3 heteroatoms. The Balaban J connectivity index is 1.65. The summed E-state index contributed by atoms with van der Waals surface area (Å²) in [6.07, 6.45) is 19.2. The van der Waals surface area contributed by atoms with Crippen LogP contribution in [0, 0.1) is 17.8 Å². The van der Waals surface area contributed by atoms with Crippen LogP contribution in [0.2, 0.25) is 0 Å². The largest absolute Gasteiger partial charge is 0.365 e. The first kappa shape index (κ1) is 25.2. The Bertz CT molecular complexity index is 1160. The van der Waals surface area contributed by atoms with E-state index in [2.05, 4.69) is 50.5 Å². The highest BCUT2D eigenvalue weighted by Crippen LogP contribution is 2.52. The van der Waals surface area contributed by atoms with Crippen molar-refractivity contribution in [3.8, 4) is 0 Å². The molecule has 2 N–H and O–H groups in total. The lowest BCUT2D eigenvalue weighted by atomic mass is 9.59.